The molecule has 0 saturated heterocycles. The number of aryl methyl sites for hydroxylation is 1. The fourth-order valence-corrected chi connectivity index (χ4v) is 2.63. The zero-order valence-corrected chi connectivity index (χ0v) is 11.9. The van der Waals surface area contributed by atoms with Crippen LogP contribution in [-0.4, -0.2) is 25.7 Å². The molecular weight excluding hydrogens is 276 g/mol. The van der Waals surface area contributed by atoms with Gasteiger partial charge in [-0.1, -0.05) is 18.2 Å². The Morgan fingerprint density at radius 1 is 1.05 bits per heavy atom. The van der Waals surface area contributed by atoms with E-state index in [2.05, 4.69) is 0 Å². The molecule has 2 aromatic rings. The quantitative estimate of drug-likeness (QED) is 0.943. The lowest BCUT2D eigenvalue weighted by Gasteiger charge is -2.08. The van der Waals surface area contributed by atoms with Crippen molar-refractivity contribution in [1.29, 1.82) is 0 Å². The minimum absolute atomic E-state index is 0.235. The molecule has 5 heteroatoms. The van der Waals surface area contributed by atoms with Gasteiger partial charge in [0.1, 0.15) is 0 Å². The molecule has 0 heterocycles. The van der Waals surface area contributed by atoms with E-state index in [1.165, 1.54) is 6.07 Å². The van der Waals surface area contributed by atoms with Crippen LogP contribution in [0.25, 0.3) is 11.1 Å². The molecular formula is C15H14O4S. The normalized spacial score (nSPS) is 11.3. The average Bonchev–Trinajstić information content (AvgIpc) is 2.37. The highest BCUT2D eigenvalue weighted by molar-refractivity contribution is 7.90. The summed E-state index contributed by atoms with van der Waals surface area (Å²) in [5.41, 5.74) is 2.80. The van der Waals surface area contributed by atoms with E-state index in [0.29, 0.717) is 0 Å². The predicted octanol–water partition coefficient (Wildman–Crippen LogP) is 2.76. The topological polar surface area (TPSA) is 71.4 Å². The number of benzene rings is 2. The van der Waals surface area contributed by atoms with E-state index in [0.717, 1.165) is 22.9 Å². The lowest BCUT2D eigenvalue weighted by Crippen LogP contribution is -1.98. The van der Waals surface area contributed by atoms with Crippen molar-refractivity contribution >= 4 is 15.8 Å². The largest absolute Gasteiger partial charge is 0.478 e. The zero-order valence-electron chi connectivity index (χ0n) is 11.1. The van der Waals surface area contributed by atoms with Gasteiger partial charge in [0.25, 0.3) is 0 Å². The van der Waals surface area contributed by atoms with E-state index in [4.69, 9.17) is 5.11 Å². The van der Waals surface area contributed by atoms with E-state index in [1.54, 1.807) is 36.4 Å². The van der Waals surface area contributed by atoms with Crippen molar-refractivity contribution in [2.45, 2.75) is 11.8 Å². The molecule has 0 aromatic heterocycles. The summed E-state index contributed by atoms with van der Waals surface area (Å²) in [6.45, 7) is 1.83. The van der Waals surface area contributed by atoms with Gasteiger partial charge in [-0.05, 0) is 47.9 Å². The van der Waals surface area contributed by atoms with Crippen molar-refractivity contribution in [3.05, 3.63) is 53.6 Å². The Hall–Kier alpha value is -2.14. The van der Waals surface area contributed by atoms with Gasteiger partial charge in [0, 0.05) is 6.26 Å². The third kappa shape index (κ3) is 2.88. The third-order valence-electron chi connectivity index (χ3n) is 3.07. The molecule has 1 N–H and O–H groups in total. The maximum atomic E-state index is 11.4. The van der Waals surface area contributed by atoms with Crippen molar-refractivity contribution < 1.29 is 18.3 Å². The molecule has 0 fully saturated rings. The molecule has 4 nitrogen and oxygen atoms in total. The van der Waals surface area contributed by atoms with Crippen LogP contribution in [-0.2, 0) is 9.84 Å². The molecule has 0 aliphatic rings. The van der Waals surface area contributed by atoms with Crippen LogP contribution in [0.15, 0.2) is 47.4 Å². The second-order valence-corrected chi connectivity index (χ2v) is 6.65. The van der Waals surface area contributed by atoms with Crippen LogP contribution in [0.2, 0.25) is 0 Å². The maximum absolute atomic E-state index is 11.4. The van der Waals surface area contributed by atoms with Gasteiger partial charge >= 0.3 is 5.97 Å². The van der Waals surface area contributed by atoms with Gasteiger partial charge in [0.2, 0.25) is 0 Å². The van der Waals surface area contributed by atoms with E-state index in [9.17, 15) is 13.2 Å². The second kappa shape index (κ2) is 5.09. The molecule has 2 aromatic carbocycles. The summed E-state index contributed by atoms with van der Waals surface area (Å²) in [5.74, 6) is -0.966. The van der Waals surface area contributed by atoms with Crippen LogP contribution in [0.1, 0.15) is 15.9 Å². The number of sulfone groups is 1. The SMILES string of the molecule is Cc1cc(C(=O)O)ccc1-c1ccc(S(C)(=O)=O)cc1. The van der Waals surface area contributed by atoms with Crippen molar-refractivity contribution in [3.63, 3.8) is 0 Å². The van der Waals surface area contributed by atoms with Gasteiger partial charge in [-0.25, -0.2) is 13.2 Å². The van der Waals surface area contributed by atoms with Gasteiger partial charge in [-0.3, -0.25) is 0 Å². The Labute approximate surface area is 117 Å². The summed E-state index contributed by atoms with van der Waals surface area (Å²) < 4.78 is 22.8. The van der Waals surface area contributed by atoms with Crippen LogP contribution in [0.4, 0.5) is 0 Å². The molecule has 0 unspecified atom stereocenters. The van der Waals surface area contributed by atoms with Crippen molar-refractivity contribution in [2.75, 3.05) is 6.26 Å². The maximum Gasteiger partial charge on any atom is 0.335 e. The van der Waals surface area contributed by atoms with Gasteiger partial charge < -0.3 is 5.11 Å². The summed E-state index contributed by atoms with van der Waals surface area (Å²) in [4.78, 5) is 11.2. The number of hydrogen-bond donors (Lipinski definition) is 1. The van der Waals surface area contributed by atoms with Gasteiger partial charge in [-0.15, -0.1) is 0 Å². The highest BCUT2D eigenvalue weighted by Crippen LogP contribution is 2.25. The number of carboxylic acid groups (broad SMARTS) is 1. The zero-order chi connectivity index (χ0) is 14.9. The molecule has 0 spiro atoms. The van der Waals surface area contributed by atoms with Gasteiger partial charge in [0.05, 0.1) is 10.5 Å². The van der Waals surface area contributed by atoms with E-state index in [-0.39, 0.29) is 10.5 Å². The Kier molecular flexibility index (Phi) is 3.63. The standard InChI is InChI=1S/C15H14O4S/c1-10-9-12(15(16)17)5-8-14(10)11-3-6-13(7-4-11)20(2,18)19/h3-9H,1-2H3,(H,16,17). The second-order valence-electron chi connectivity index (χ2n) is 4.63. The Balaban J connectivity index is 2.45. The average molecular weight is 290 g/mol. The summed E-state index contributed by atoms with van der Waals surface area (Å²) >= 11 is 0. The van der Waals surface area contributed by atoms with Crippen LogP contribution in [0.5, 0.6) is 0 Å². The minimum atomic E-state index is -3.21. The summed E-state index contributed by atoms with van der Waals surface area (Å²) in [5, 5.41) is 8.93. The molecule has 0 saturated carbocycles. The van der Waals surface area contributed by atoms with Crippen LogP contribution in [0.3, 0.4) is 0 Å². The van der Waals surface area contributed by atoms with Gasteiger partial charge in [-0.2, -0.15) is 0 Å². The summed E-state index contributed by atoms with van der Waals surface area (Å²) in [6, 6.07) is 11.4. The van der Waals surface area contributed by atoms with Gasteiger partial charge in [0.15, 0.2) is 9.84 Å². The van der Waals surface area contributed by atoms with E-state index >= 15 is 0 Å². The molecule has 2 rings (SSSR count). The number of hydrogen-bond acceptors (Lipinski definition) is 3. The lowest BCUT2D eigenvalue weighted by atomic mass is 9.98. The highest BCUT2D eigenvalue weighted by Gasteiger charge is 2.09. The van der Waals surface area contributed by atoms with Crippen molar-refractivity contribution in [3.8, 4) is 11.1 Å². The molecule has 104 valence electrons. The highest BCUT2D eigenvalue weighted by atomic mass is 32.2. The van der Waals surface area contributed by atoms with Crippen molar-refractivity contribution in [1.82, 2.24) is 0 Å². The molecule has 0 amide bonds. The Morgan fingerprint density at radius 2 is 1.65 bits per heavy atom. The predicted molar refractivity (Wildman–Crippen MR) is 76.7 cm³/mol. The molecule has 0 aliphatic heterocycles. The molecule has 0 bridgehead atoms. The molecule has 0 radical (unpaired) electrons. The number of rotatable bonds is 3. The third-order valence-corrected chi connectivity index (χ3v) is 4.20. The molecule has 20 heavy (non-hydrogen) atoms. The smallest absolute Gasteiger partial charge is 0.335 e. The van der Waals surface area contributed by atoms with Crippen molar-refractivity contribution in [2.24, 2.45) is 0 Å². The van der Waals surface area contributed by atoms with Crippen LogP contribution >= 0.6 is 0 Å². The fraction of sp³-hybridized carbons (Fsp3) is 0.133. The van der Waals surface area contributed by atoms with E-state index in [1.807, 2.05) is 6.92 Å². The number of aromatic carboxylic acids is 1. The molecule has 0 atom stereocenters. The summed E-state index contributed by atoms with van der Waals surface area (Å²) in [6.07, 6.45) is 1.16. The van der Waals surface area contributed by atoms with E-state index < -0.39 is 15.8 Å². The molecule has 0 aliphatic carbocycles. The summed E-state index contributed by atoms with van der Waals surface area (Å²) in [7, 11) is -3.21. The first-order valence-corrected chi connectivity index (χ1v) is 7.82. The van der Waals surface area contributed by atoms with Crippen LogP contribution < -0.4 is 0 Å². The first kappa shape index (κ1) is 14.3. The number of carboxylic acids is 1. The first-order valence-electron chi connectivity index (χ1n) is 5.93. The fourth-order valence-electron chi connectivity index (χ4n) is 2.00. The Morgan fingerprint density at radius 3 is 2.10 bits per heavy atom. The minimum Gasteiger partial charge on any atom is -0.478 e. The number of carbonyl (C=O) groups is 1. The lowest BCUT2D eigenvalue weighted by molar-refractivity contribution is 0.0697. The Bertz CT molecular complexity index is 759. The van der Waals surface area contributed by atoms with Crippen LogP contribution in [0, 0.1) is 6.92 Å². The monoisotopic (exact) mass is 290 g/mol. The first-order chi connectivity index (χ1) is 9.29.